The largest absolute Gasteiger partial charge is 0.398 e. The number of hydrogen-bond donors (Lipinski definition) is 2. The summed E-state index contributed by atoms with van der Waals surface area (Å²) in [5, 5.41) is 9.55. The van der Waals surface area contributed by atoms with E-state index in [-0.39, 0.29) is 5.91 Å². The summed E-state index contributed by atoms with van der Waals surface area (Å²) in [5.74, 6) is 1.42. The molecule has 0 aliphatic rings. The van der Waals surface area contributed by atoms with Gasteiger partial charge in [0.25, 0.3) is 0 Å². The van der Waals surface area contributed by atoms with Gasteiger partial charge >= 0.3 is 0 Å². The number of carbonyl (C=O) groups excluding carboxylic acids is 1. The number of thioether (sulfide) groups is 1. The van der Waals surface area contributed by atoms with E-state index in [0.717, 1.165) is 37.3 Å². The second-order valence-corrected chi connectivity index (χ2v) is 5.05. The number of carbonyl (C=O) groups is 1. The average Bonchev–Trinajstić information content (AvgIpc) is 2.34. The SMILES string of the molecule is C=C(CSC)NCCCCCC(=O)N/C(C)=N/OC. The molecule has 0 radical (unpaired) electrons. The monoisotopic (exact) mass is 287 g/mol. The Labute approximate surface area is 120 Å². The molecule has 0 aromatic carbocycles. The van der Waals surface area contributed by atoms with E-state index in [1.54, 1.807) is 18.7 Å². The molecule has 0 saturated heterocycles. The average molecular weight is 287 g/mol. The van der Waals surface area contributed by atoms with Crippen molar-refractivity contribution in [1.29, 1.82) is 0 Å². The standard InChI is InChI=1S/C13H25N3O2S/c1-11(10-19-4)14-9-7-5-6-8-13(17)15-12(2)16-18-3/h14H,1,5-10H2,2-4H3,(H,15,16,17). The van der Waals surface area contributed by atoms with Crippen molar-refractivity contribution in [1.82, 2.24) is 10.6 Å². The van der Waals surface area contributed by atoms with E-state index >= 15 is 0 Å². The van der Waals surface area contributed by atoms with Crippen LogP contribution in [0.3, 0.4) is 0 Å². The lowest BCUT2D eigenvalue weighted by Gasteiger charge is -2.08. The van der Waals surface area contributed by atoms with Crippen molar-refractivity contribution in [2.75, 3.05) is 25.7 Å². The molecule has 0 saturated carbocycles. The minimum Gasteiger partial charge on any atom is -0.398 e. The quantitative estimate of drug-likeness (QED) is 0.279. The normalized spacial score (nSPS) is 11.0. The summed E-state index contributed by atoms with van der Waals surface area (Å²) >= 11 is 1.76. The maximum atomic E-state index is 11.5. The summed E-state index contributed by atoms with van der Waals surface area (Å²) in [4.78, 5) is 16.0. The molecule has 1 amide bonds. The van der Waals surface area contributed by atoms with Gasteiger partial charge in [-0.3, -0.25) is 4.79 Å². The number of unbranched alkanes of at least 4 members (excludes halogenated alkanes) is 2. The van der Waals surface area contributed by atoms with Gasteiger partial charge in [0.1, 0.15) is 12.9 Å². The van der Waals surface area contributed by atoms with Gasteiger partial charge in [-0.15, -0.1) is 0 Å². The molecule has 0 rings (SSSR count). The van der Waals surface area contributed by atoms with Crippen molar-refractivity contribution < 1.29 is 9.63 Å². The zero-order valence-corrected chi connectivity index (χ0v) is 12.9. The molecule has 0 unspecified atom stereocenters. The van der Waals surface area contributed by atoms with E-state index < -0.39 is 0 Å². The first kappa shape index (κ1) is 17.8. The van der Waals surface area contributed by atoms with Gasteiger partial charge in [0.05, 0.1) is 0 Å². The smallest absolute Gasteiger partial charge is 0.225 e. The third-order valence-electron chi connectivity index (χ3n) is 2.32. The Morgan fingerprint density at radius 3 is 2.74 bits per heavy atom. The van der Waals surface area contributed by atoms with Crippen molar-refractivity contribution in [3.63, 3.8) is 0 Å². The van der Waals surface area contributed by atoms with Crippen LogP contribution >= 0.6 is 11.8 Å². The Balaban J connectivity index is 3.46. The van der Waals surface area contributed by atoms with Crippen LogP contribution in [0.15, 0.2) is 17.4 Å². The molecular weight excluding hydrogens is 262 g/mol. The lowest BCUT2D eigenvalue weighted by molar-refractivity contribution is -0.119. The molecular formula is C13H25N3O2S. The van der Waals surface area contributed by atoms with Crippen molar-refractivity contribution in [2.45, 2.75) is 32.6 Å². The molecule has 0 aromatic rings. The van der Waals surface area contributed by atoms with Crippen LogP contribution in [0.5, 0.6) is 0 Å². The van der Waals surface area contributed by atoms with Crippen LogP contribution in [0.2, 0.25) is 0 Å². The number of amides is 1. The van der Waals surface area contributed by atoms with Crippen LogP contribution in [-0.4, -0.2) is 37.4 Å². The van der Waals surface area contributed by atoms with Gasteiger partial charge in [-0.25, -0.2) is 0 Å². The Morgan fingerprint density at radius 1 is 1.37 bits per heavy atom. The Bertz CT molecular complexity index is 306. The number of amidine groups is 1. The van der Waals surface area contributed by atoms with E-state index in [4.69, 9.17) is 0 Å². The molecule has 19 heavy (non-hydrogen) atoms. The van der Waals surface area contributed by atoms with Crippen LogP contribution in [0, 0.1) is 0 Å². The molecule has 0 aromatic heterocycles. The Kier molecular flexibility index (Phi) is 11.2. The van der Waals surface area contributed by atoms with Gasteiger partial charge in [-0.1, -0.05) is 18.2 Å². The van der Waals surface area contributed by atoms with Gasteiger partial charge in [-0.05, 0) is 26.0 Å². The molecule has 0 fully saturated rings. The van der Waals surface area contributed by atoms with E-state index in [1.165, 1.54) is 7.11 Å². The Hall–Kier alpha value is -1.17. The molecule has 0 atom stereocenters. The number of nitrogens with one attached hydrogen (secondary N) is 2. The lowest BCUT2D eigenvalue weighted by Crippen LogP contribution is -2.28. The number of hydrogen-bond acceptors (Lipinski definition) is 5. The van der Waals surface area contributed by atoms with E-state index in [1.807, 2.05) is 0 Å². The zero-order chi connectivity index (χ0) is 14.5. The molecule has 6 heteroatoms. The maximum Gasteiger partial charge on any atom is 0.225 e. The highest BCUT2D eigenvalue weighted by Gasteiger charge is 2.02. The lowest BCUT2D eigenvalue weighted by atomic mass is 10.2. The van der Waals surface area contributed by atoms with Crippen LogP contribution in [0.25, 0.3) is 0 Å². The van der Waals surface area contributed by atoms with Crippen LogP contribution < -0.4 is 10.6 Å². The summed E-state index contributed by atoms with van der Waals surface area (Å²) in [5.41, 5.74) is 1.07. The molecule has 0 bridgehead atoms. The second-order valence-electron chi connectivity index (χ2n) is 4.18. The van der Waals surface area contributed by atoms with E-state index in [2.05, 4.69) is 33.5 Å². The topological polar surface area (TPSA) is 62.7 Å². The fourth-order valence-corrected chi connectivity index (χ4v) is 1.95. The van der Waals surface area contributed by atoms with Gasteiger partial charge < -0.3 is 15.5 Å². The highest BCUT2D eigenvalue weighted by Crippen LogP contribution is 2.01. The number of nitrogens with zero attached hydrogens (tertiary/aromatic N) is 1. The summed E-state index contributed by atoms with van der Waals surface area (Å²) in [6.07, 6.45) is 5.52. The number of oxime groups is 1. The van der Waals surface area contributed by atoms with E-state index in [9.17, 15) is 4.79 Å². The highest BCUT2D eigenvalue weighted by atomic mass is 32.2. The van der Waals surface area contributed by atoms with Crippen molar-refractivity contribution in [3.05, 3.63) is 12.3 Å². The number of rotatable bonds is 10. The Morgan fingerprint density at radius 2 is 2.11 bits per heavy atom. The first-order chi connectivity index (χ1) is 9.10. The molecule has 2 N–H and O–H groups in total. The maximum absolute atomic E-state index is 11.5. The fourth-order valence-electron chi connectivity index (χ4n) is 1.50. The van der Waals surface area contributed by atoms with Crippen molar-refractivity contribution >= 4 is 23.5 Å². The molecule has 0 aliphatic carbocycles. The molecule has 0 heterocycles. The van der Waals surface area contributed by atoms with Gasteiger partial charge in [-0.2, -0.15) is 11.8 Å². The molecule has 0 aliphatic heterocycles. The minimum atomic E-state index is -0.0157. The summed E-state index contributed by atoms with van der Waals surface area (Å²) in [7, 11) is 1.45. The second kappa shape index (κ2) is 11.9. The zero-order valence-electron chi connectivity index (χ0n) is 12.1. The summed E-state index contributed by atoms with van der Waals surface area (Å²) < 4.78 is 0. The third kappa shape index (κ3) is 11.6. The molecule has 110 valence electrons. The molecule has 5 nitrogen and oxygen atoms in total. The fraction of sp³-hybridized carbons (Fsp3) is 0.692. The predicted octanol–water partition coefficient (Wildman–Crippen LogP) is 2.11. The van der Waals surface area contributed by atoms with Crippen molar-refractivity contribution in [2.24, 2.45) is 5.16 Å². The van der Waals surface area contributed by atoms with Crippen LogP contribution in [-0.2, 0) is 9.63 Å². The van der Waals surface area contributed by atoms with Crippen LogP contribution in [0.4, 0.5) is 0 Å². The summed E-state index contributed by atoms with van der Waals surface area (Å²) in [6, 6.07) is 0. The first-order valence-electron chi connectivity index (χ1n) is 6.38. The van der Waals surface area contributed by atoms with E-state index in [0.29, 0.717) is 12.3 Å². The summed E-state index contributed by atoms with van der Waals surface area (Å²) in [6.45, 7) is 6.54. The third-order valence-corrected chi connectivity index (χ3v) is 2.96. The van der Waals surface area contributed by atoms with Gasteiger partial charge in [0.2, 0.25) is 5.91 Å². The minimum absolute atomic E-state index is 0.0157. The predicted molar refractivity (Wildman–Crippen MR) is 82.3 cm³/mol. The highest BCUT2D eigenvalue weighted by molar-refractivity contribution is 7.98. The van der Waals surface area contributed by atoms with Crippen molar-refractivity contribution in [3.8, 4) is 0 Å². The first-order valence-corrected chi connectivity index (χ1v) is 7.77. The molecule has 0 spiro atoms. The van der Waals surface area contributed by atoms with Crippen LogP contribution in [0.1, 0.15) is 32.6 Å². The van der Waals surface area contributed by atoms with Gasteiger partial charge in [0.15, 0.2) is 0 Å². The van der Waals surface area contributed by atoms with Gasteiger partial charge in [0, 0.05) is 24.4 Å².